The molecule has 8 heteroatoms. The molecule has 6 nitrogen and oxygen atoms in total. The molecule has 2 aromatic rings. The number of rotatable bonds is 5. The van der Waals surface area contributed by atoms with Crippen LogP contribution < -0.4 is 5.32 Å². The first-order valence-electron chi connectivity index (χ1n) is 7.26. The summed E-state index contributed by atoms with van der Waals surface area (Å²) in [5.41, 5.74) is 0.846. The van der Waals surface area contributed by atoms with E-state index in [1.165, 1.54) is 0 Å². The van der Waals surface area contributed by atoms with E-state index in [4.69, 9.17) is 16.1 Å². The van der Waals surface area contributed by atoms with Gasteiger partial charge in [0.1, 0.15) is 0 Å². The van der Waals surface area contributed by atoms with Crippen molar-refractivity contribution in [2.45, 2.75) is 19.3 Å². The van der Waals surface area contributed by atoms with Crippen molar-refractivity contribution < 1.29 is 9.32 Å². The van der Waals surface area contributed by atoms with Crippen LogP contribution in [0, 0.1) is 0 Å². The molecule has 0 spiro atoms. The molecule has 1 amide bonds. The van der Waals surface area contributed by atoms with Crippen LogP contribution in [0.15, 0.2) is 33.8 Å². The average molecular weight is 351 g/mol. The van der Waals surface area contributed by atoms with Crippen LogP contribution in [0.5, 0.6) is 0 Å². The number of aryl methyl sites for hydroxylation is 1. The third-order valence-corrected chi connectivity index (χ3v) is 4.34. The first kappa shape index (κ1) is 16.0. The number of carbonyl (C=O) groups excluding carboxylic acids is 1. The summed E-state index contributed by atoms with van der Waals surface area (Å²) in [6, 6.07) is 7.23. The Kier molecular flexibility index (Phi) is 5.30. The van der Waals surface area contributed by atoms with Crippen LogP contribution in [0.3, 0.4) is 0 Å². The van der Waals surface area contributed by atoms with E-state index in [1.54, 1.807) is 23.9 Å². The Bertz CT molecular complexity index is 715. The van der Waals surface area contributed by atoms with E-state index in [2.05, 4.69) is 20.4 Å². The summed E-state index contributed by atoms with van der Waals surface area (Å²) in [6.07, 6.45) is 1.61. The van der Waals surface area contributed by atoms with Gasteiger partial charge in [-0.2, -0.15) is 4.98 Å². The number of thioether (sulfide) groups is 1. The van der Waals surface area contributed by atoms with Crippen LogP contribution in [0.25, 0.3) is 11.4 Å². The number of hydrogen-bond donors (Lipinski definition) is 1. The smallest absolute Gasteiger partial charge is 0.226 e. The SMILES string of the molecule is O=C(CCCc1nc(-c2ccc(Cl)cc2)no1)NC1=NCCS1. The zero-order valence-electron chi connectivity index (χ0n) is 12.3. The van der Waals surface area contributed by atoms with Crippen LogP contribution >= 0.6 is 23.4 Å². The van der Waals surface area contributed by atoms with E-state index in [9.17, 15) is 4.79 Å². The van der Waals surface area contributed by atoms with Gasteiger partial charge in [0.05, 0.1) is 6.54 Å². The molecule has 2 heterocycles. The van der Waals surface area contributed by atoms with Gasteiger partial charge in [0.2, 0.25) is 17.6 Å². The minimum Gasteiger partial charge on any atom is -0.339 e. The molecule has 0 saturated heterocycles. The molecular weight excluding hydrogens is 336 g/mol. The Labute approximate surface area is 142 Å². The monoisotopic (exact) mass is 350 g/mol. The van der Waals surface area contributed by atoms with Crippen LogP contribution in [0.2, 0.25) is 5.02 Å². The molecule has 1 aliphatic rings. The van der Waals surface area contributed by atoms with Gasteiger partial charge >= 0.3 is 0 Å². The van der Waals surface area contributed by atoms with Crippen molar-refractivity contribution in [3.8, 4) is 11.4 Å². The van der Waals surface area contributed by atoms with Gasteiger partial charge in [-0.3, -0.25) is 9.79 Å². The average Bonchev–Trinajstić information content (AvgIpc) is 3.20. The molecule has 0 bridgehead atoms. The Morgan fingerprint density at radius 1 is 1.35 bits per heavy atom. The third kappa shape index (κ3) is 4.56. The fraction of sp³-hybridized carbons (Fsp3) is 0.333. The topological polar surface area (TPSA) is 80.4 Å². The summed E-state index contributed by atoms with van der Waals surface area (Å²) in [4.78, 5) is 20.3. The van der Waals surface area contributed by atoms with Crippen LogP contribution in [0.4, 0.5) is 0 Å². The highest BCUT2D eigenvalue weighted by atomic mass is 35.5. The van der Waals surface area contributed by atoms with Crippen molar-refractivity contribution in [1.82, 2.24) is 15.5 Å². The van der Waals surface area contributed by atoms with Gasteiger partial charge in [0.15, 0.2) is 5.17 Å². The van der Waals surface area contributed by atoms with Gasteiger partial charge in [0.25, 0.3) is 0 Å². The van der Waals surface area contributed by atoms with Crippen molar-refractivity contribution in [3.05, 3.63) is 35.2 Å². The lowest BCUT2D eigenvalue weighted by molar-refractivity contribution is -0.119. The minimum atomic E-state index is -0.0319. The predicted octanol–water partition coefficient (Wildman–Crippen LogP) is 2.93. The fourth-order valence-electron chi connectivity index (χ4n) is 2.07. The highest BCUT2D eigenvalue weighted by molar-refractivity contribution is 8.14. The van der Waals surface area contributed by atoms with Crippen LogP contribution in [-0.4, -0.2) is 33.5 Å². The Morgan fingerprint density at radius 2 is 2.17 bits per heavy atom. The zero-order valence-corrected chi connectivity index (χ0v) is 13.9. The van der Waals surface area contributed by atoms with Crippen molar-refractivity contribution in [2.75, 3.05) is 12.3 Å². The standard InChI is InChI=1S/C15H15ClN4O2S/c16-11-6-4-10(5-7-11)14-19-13(22-20-14)3-1-2-12(21)18-15-17-8-9-23-15/h4-7H,1-3,8-9H2,(H,17,18,21). The molecule has 1 N–H and O–H groups in total. The molecule has 1 aliphatic heterocycles. The fourth-order valence-corrected chi connectivity index (χ4v) is 2.94. The maximum atomic E-state index is 11.8. The second-order valence-electron chi connectivity index (χ2n) is 4.96. The van der Waals surface area contributed by atoms with Crippen molar-refractivity contribution >= 4 is 34.4 Å². The molecular formula is C15H15ClN4O2S. The summed E-state index contributed by atoms with van der Waals surface area (Å²) in [5.74, 6) is 1.95. The number of amidine groups is 1. The number of halogens is 1. The van der Waals surface area contributed by atoms with E-state index >= 15 is 0 Å². The number of aliphatic imine (C=N–C) groups is 1. The van der Waals surface area contributed by atoms with Gasteiger partial charge in [-0.25, -0.2) is 0 Å². The molecule has 3 rings (SSSR count). The summed E-state index contributed by atoms with van der Waals surface area (Å²) in [7, 11) is 0. The molecule has 0 fully saturated rings. The zero-order chi connectivity index (χ0) is 16.1. The van der Waals surface area contributed by atoms with Gasteiger partial charge in [-0.1, -0.05) is 28.5 Å². The van der Waals surface area contributed by atoms with Gasteiger partial charge in [0, 0.05) is 29.2 Å². The summed E-state index contributed by atoms with van der Waals surface area (Å²) in [6.45, 7) is 0.774. The maximum Gasteiger partial charge on any atom is 0.226 e. The second-order valence-corrected chi connectivity index (χ2v) is 6.48. The van der Waals surface area contributed by atoms with Crippen molar-refractivity contribution in [3.63, 3.8) is 0 Å². The lowest BCUT2D eigenvalue weighted by Crippen LogP contribution is -2.27. The van der Waals surface area contributed by atoms with E-state index < -0.39 is 0 Å². The van der Waals surface area contributed by atoms with E-state index in [0.717, 1.165) is 23.0 Å². The molecule has 23 heavy (non-hydrogen) atoms. The molecule has 0 radical (unpaired) electrons. The summed E-state index contributed by atoms with van der Waals surface area (Å²) >= 11 is 7.42. The van der Waals surface area contributed by atoms with Gasteiger partial charge in [-0.15, -0.1) is 0 Å². The quantitative estimate of drug-likeness (QED) is 0.896. The van der Waals surface area contributed by atoms with Crippen LogP contribution in [-0.2, 0) is 11.2 Å². The van der Waals surface area contributed by atoms with Gasteiger partial charge in [-0.05, 0) is 30.7 Å². The molecule has 1 aromatic heterocycles. The molecule has 0 aliphatic carbocycles. The Balaban J connectivity index is 1.47. The normalized spacial score (nSPS) is 13.9. The van der Waals surface area contributed by atoms with E-state index in [-0.39, 0.29) is 5.91 Å². The lowest BCUT2D eigenvalue weighted by Gasteiger charge is -2.02. The lowest BCUT2D eigenvalue weighted by atomic mass is 10.2. The van der Waals surface area contributed by atoms with E-state index in [0.29, 0.717) is 36.0 Å². The number of hydrogen-bond acceptors (Lipinski definition) is 6. The maximum absolute atomic E-state index is 11.8. The molecule has 120 valence electrons. The first-order valence-corrected chi connectivity index (χ1v) is 8.63. The molecule has 0 saturated carbocycles. The summed E-state index contributed by atoms with van der Waals surface area (Å²) in [5, 5.41) is 8.12. The number of carbonyl (C=O) groups is 1. The minimum absolute atomic E-state index is 0.0319. The molecule has 1 aromatic carbocycles. The highest BCUT2D eigenvalue weighted by Gasteiger charge is 2.12. The number of nitrogens with one attached hydrogen (secondary N) is 1. The second kappa shape index (κ2) is 7.61. The number of aromatic nitrogens is 2. The highest BCUT2D eigenvalue weighted by Crippen LogP contribution is 2.19. The van der Waals surface area contributed by atoms with Crippen molar-refractivity contribution in [2.24, 2.45) is 4.99 Å². The van der Waals surface area contributed by atoms with Crippen molar-refractivity contribution in [1.29, 1.82) is 0 Å². The Hall–Kier alpha value is -1.86. The number of benzene rings is 1. The largest absolute Gasteiger partial charge is 0.339 e. The third-order valence-electron chi connectivity index (χ3n) is 3.20. The molecule has 0 unspecified atom stereocenters. The first-order chi connectivity index (χ1) is 11.2. The van der Waals surface area contributed by atoms with Crippen LogP contribution in [0.1, 0.15) is 18.7 Å². The molecule has 0 atom stereocenters. The van der Waals surface area contributed by atoms with E-state index in [1.807, 2.05) is 12.1 Å². The Morgan fingerprint density at radius 3 is 2.91 bits per heavy atom. The summed E-state index contributed by atoms with van der Waals surface area (Å²) < 4.78 is 5.21. The predicted molar refractivity (Wildman–Crippen MR) is 90.6 cm³/mol. The number of amides is 1. The number of nitrogens with zero attached hydrogens (tertiary/aromatic N) is 3. The van der Waals surface area contributed by atoms with Gasteiger partial charge < -0.3 is 9.84 Å².